The van der Waals surface area contributed by atoms with E-state index in [4.69, 9.17) is 26.2 Å². The predicted octanol–water partition coefficient (Wildman–Crippen LogP) is 4.89. The number of fused-ring (bicyclic) bond motifs is 2. The van der Waals surface area contributed by atoms with Crippen LogP contribution in [-0.2, 0) is 6.54 Å². The van der Waals surface area contributed by atoms with E-state index in [1.165, 1.54) is 11.3 Å². The van der Waals surface area contributed by atoms with Crippen LogP contribution in [0.5, 0.6) is 5.75 Å². The molecule has 0 saturated carbocycles. The number of hydrogen-bond donors (Lipinski definition) is 2. The molecule has 4 aromatic rings. The van der Waals surface area contributed by atoms with Crippen LogP contribution in [0.3, 0.4) is 0 Å². The average molecular weight is 490 g/mol. The second-order valence-electron chi connectivity index (χ2n) is 9.50. The Kier molecular flexibility index (Phi) is 6.06. The first-order chi connectivity index (χ1) is 16.7. The number of thiazole rings is 1. The molecule has 5 rings (SSSR count). The van der Waals surface area contributed by atoms with Crippen LogP contribution in [0.1, 0.15) is 60.9 Å². The number of ether oxygens (including phenoxy) is 1. The minimum Gasteiger partial charge on any atom is -0.491 e. The zero-order valence-corrected chi connectivity index (χ0v) is 21.6. The molecule has 0 spiro atoms. The summed E-state index contributed by atoms with van der Waals surface area (Å²) in [6, 6.07) is 6.15. The van der Waals surface area contributed by atoms with Gasteiger partial charge in [-0.05, 0) is 56.0 Å². The quantitative estimate of drug-likeness (QED) is 0.416. The smallest absolute Gasteiger partial charge is 0.182 e. The number of hydrogen-bond acceptors (Lipinski definition) is 9. The molecule has 0 fully saturated rings. The third kappa shape index (κ3) is 4.41. The highest BCUT2D eigenvalue weighted by atomic mass is 32.1. The minimum absolute atomic E-state index is 0.236. The number of pyridine rings is 1. The summed E-state index contributed by atoms with van der Waals surface area (Å²) in [4.78, 5) is 21.8. The van der Waals surface area contributed by atoms with E-state index in [1.54, 1.807) is 0 Å². The highest BCUT2D eigenvalue weighted by Gasteiger charge is 2.25. The summed E-state index contributed by atoms with van der Waals surface area (Å²) < 4.78 is 6.25. The maximum atomic E-state index is 6.25. The first kappa shape index (κ1) is 23.4. The van der Waals surface area contributed by atoms with Crippen LogP contribution >= 0.6 is 11.3 Å². The molecule has 1 aromatic carbocycles. The van der Waals surface area contributed by atoms with E-state index in [9.17, 15) is 0 Å². The number of aryl methyl sites for hydroxylation is 2. The molecule has 4 heterocycles. The predicted molar refractivity (Wildman–Crippen MR) is 142 cm³/mol. The number of nitrogen functional groups attached to an aromatic ring is 1. The lowest BCUT2D eigenvalue weighted by Gasteiger charge is -2.27. The molecule has 0 bridgehead atoms. The van der Waals surface area contributed by atoms with Gasteiger partial charge < -0.3 is 21.1 Å². The lowest BCUT2D eigenvalue weighted by Crippen LogP contribution is -2.29. The Labute approximate surface area is 209 Å². The van der Waals surface area contributed by atoms with Crippen molar-refractivity contribution in [3.8, 4) is 16.9 Å². The third-order valence-corrected chi connectivity index (χ3v) is 7.14. The lowest BCUT2D eigenvalue weighted by molar-refractivity contribution is 0.329. The first-order valence-electron chi connectivity index (χ1n) is 11.9. The van der Waals surface area contributed by atoms with Crippen molar-refractivity contribution in [2.45, 2.75) is 53.1 Å². The normalized spacial score (nSPS) is 14.7. The molecule has 35 heavy (non-hydrogen) atoms. The molecule has 0 radical (unpaired) electrons. The van der Waals surface area contributed by atoms with Gasteiger partial charge in [-0.3, -0.25) is 0 Å². The van der Waals surface area contributed by atoms with Crippen LogP contribution in [0.25, 0.3) is 21.5 Å². The molecule has 4 N–H and O–H groups in total. The van der Waals surface area contributed by atoms with E-state index < -0.39 is 0 Å². The Morgan fingerprint density at radius 2 is 1.86 bits per heavy atom. The van der Waals surface area contributed by atoms with E-state index in [0.29, 0.717) is 24.1 Å². The Morgan fingerprint density at radius 1 is 1.06 bits per heavy atom. The highest BCUT2D eigenvalue weighted by Crippen LogP contribution is 2.37. The van der Waals surface area contributed by atoms with Gasteiger partial charge in [-0.15, -0.1) is 0 Å². The van der Waals surface area contributed by atoms with Crippen molar-refractivity contribution in [3.63, 3.8) is 0 Å². The number of aromatic nitrogens is 4. The molecule has 3 aromatic heterocycles. The average Bonchev–Trinajstić information content (AvgIpc) is 3.03. The molecule has 1 aliphatic rings. The van der Waals surface area contributed by atoms with Crippen LogP contribution < -0.4 is 21.1 Å². The molecule has 8 nitrogen and oxygen atoms in total. The SMILES string of the molecule is Cc1cc(-c2cnc3sc(N)nc3c2)cc2c1OCCN(c1nc(C(C)N)nc(C)c1C(C)C)C2. The van der Waals surface area contributed by atoms with Gasteiger partial charge in [0, 0.05) is 35.1 Å². The molecule has 9 heteroatoms. The zero-order chi connectivity index (χ0) is 24.9. The Hall–Kier alpha value is -3.30. The van der Waals surface area contributed by atoms with Crippen molar-refractivity contribution in [2.75, 3.05) is 23.8 Å². The van der Waals surface area contributed by atoms with Crippen molar-refractivity contribution in [2.24, 2.45) is 5.73 Å². The Bertz CT molecular complexity index is 1410. The van der Waals surface area contributed by atoms with Crippen molar-refractivity contribution in [3.05, 3.63) is 52.6 Å². The van der Waals surface area contributed by atoms with Gasteiger partial charge in [-0.2, -0.15) is 0 Å². The summed E-state index contributed by atoms with van der Waals surface area (Å²) in [5, 5.41) is 0.527. The molecule has 1 atom stereocenters. The highest BCUT2D eigenvalue weighted by molar-refractivity contribution is 7.21. The van der Waals surface area contributed by atoms with E-state index in [0.717, 1.165) is 62.0 Å². The molecule has 1 aliphatic heterocycles. The first-order valence-corrected chi connectivity index (χ1v) is 12.7. The summed E-state index contributed by atoms with van der Waals surface area (Å²) in [6.45, 7) is 12.4. The van der Waals surface area contributed by atoms with Gasteiger partial charge >= 0.3 is 0 Å². The van der Waals surface area contributed by atoms with Crippen LogP contribution in [0.2, 0.25) is 0 Å². The Morgan fingerprint density at radius 3 is 2.60 bits per heavy atom. The number of anilines is 2. The molecule has 0 amide bonds. The van der Waals surface area contributed by atoms with Gasteiger partial charge in [0.2, 0.25) is 0 Å². The summed E-state index contributed by atoms with van der Waals surface area (Å²) in [5.74, 6) is 2.83. The molecule has 0 saturated heterocycles. The summed E-state index contributed by atoms with van der Waals surface area (Å²) >= 11 is 1.40. The number of nitrogens with zero attached hydrogens (tertiary/aromatic N) is 5. The maximum absolute atomic E-state index is 6.25. The molecular weight excluding hydrogens is 458 g/mol. The fraction of sp³-hybridized carbons (Fsp3) is 0.385. The van der Waals surface area contributed by atoms with Crippen molar-refractivity contribution < 1.29 is 4.74 Å². The molecule has 1 unspecified atom stereocenters. The van der Waals surface area contributed by atoms with Crippen molar-refractivity contribution in [1.82, 2.24) is 19.9 Å². The van der Waals surface area contributed by atoms with Gasteiger partial charge in [-0.1, -0.05) is 25.2 Å². The minimum atomic E-state index is -0.236. The maximum Gasteiger partial charge on any atom is 0.182 e. The summed E-state index contributed by atoms with van der Waals surface area (Å²) in [7, 11) is 0. The monoisotopic (exact) mass is 489 g/mol. The number of nitrogens with two attached hydrogens (primary N) is 2. The second-order valence-corrected chi connectivity index (χ2v) is 10.5. The van der Waals surface area contributed by atoms with E-state index in [-0.39, 0.29) is 12.0 Å². The van der Waals surface area contributed by atoms with Crippen molar-refractivity contribution in [1.29, 1.82) is 0 Å². The fourth-order valence-electron chi connectivity index (χ4n) is 4.77. The fourth-order valence-corrected chi connectivity index (χ4v) is 5.42. The summed E-state index contributed by atoms with van der Waals surface area (Å²) in [6.07, 6.45) is 1.88. The van der Waals surface area contributed by atoms with Gasteiger partial charge in [0.1, 0.15) is 34.3 Å². The molecule has 0 aliphatic carbocycles. The topological polar surface area (TPSA) is 116 Å². The van der Waals surface area contributed by atoms with Crippen LogP contribution in [0, 0.1) is 13.8 Å². The van der Waals surface area contributed by atoms with Gasteiger partial charge in [0.05, 0.1) is 12.6 Å². The van der Waals surface area contributed by atoms with E-state index in [2.05, 4.69) is 47.8 Å². The number of rotatable bonds is 4. The van der Waals surface area contributed by atoms with Gasteiger partial charge in [0.25, 0.3) is 0 Å². The van der Waals surface area contributed by atoms with Crippen molar-refractivity contribution >= 4 is 32.6 Å². The van der Waals surface area contributed by atoms with Gasteiger partial charge in [0.15, 0.2) is 5.13 Å². The second kappa shape index (κ2) is 9.05. The molecule has 182 valence electrons. The third-order valence-electron chi connectivity index (χ3n) is 6.34. The number of benzene rings is 1. The lowest BCUT2D eigenvalue weighted by atomic mass is 9.99. The van der Waals surface area contributed by atoms with Gasteiger partial charge in [-0.25, -0.2) is 19.9 Å². The van der Waals surface area contributed by atoms with E-state index >= 15 is 0 Å². The Balaban J connectivity index is 1.58. The molecular formula is C26H31N7OS. The van der Waals surface area contributed by atoms with Crippen LogP contribution in [0.4, 0.5) is 10.9 Å². The summed E-state index contributed by atoms with van der Waals surface area (Å²) in [5.41, 5.74) is 19.3. The standard InChI is InChI=1S/C26H31N7OS/c1-13(2)21-16(5)30-23(15(4)27)32-24(21)33-6-7-34-22-14(3)8-17(9-19(22)12-33)18-10-20-25(29-11-18)35-26(28)31-20/h8-11,13,15H,6-7,12,27H2,1-5H3,(H2,28,31). The van der Waals surface area contributed by atoms with Crippen LogP contribution in [-0.4, -0.2) is 33.1 Å². The largest absolute Gasteiger partial charge is 0.491 e. The van der Waals surface area contributed by atoms with Crippen LogP contribution in [0.15, 0.2) is 24.4 Å². The van der Waals surface area contributed by atoms with E-state index in [1.807, 2.05) is 26.1 Å². The zero-order valence-electron chi connectivity index (χ0n) is 20.8.